The van der Waals surface area contributed by atoms with Gasteiger partial charge in [-0.15, -0.1) is 0 Å². The first-order valence-electron chi connectivity index (χ1n) is 11.3. The van der Waals surface area contributed by atoms with Crippen LogP contribution in [0.15, 0.2) is 63.2 Å². The molecule has 176 valence electrons. The van der Waals surface area contributed by atoms with Gasteiger partial charge in [-0.2, -0.15) is 0 Å². The third-order valence-electron chi connectivity index (χ3n) is 5.90. The number of hydrogen-bond acceptors (Lipinski definition) is 4. The third kappa shape index (κ3) is 4.71. The predicted octanol–water partition coefficient (Wildman–Crippen LogP) is 4.25. The highest BCUT2D eigenvalue weighted by atomic mass is 19.1. The lowest BCUT2D eigenvalue weighted by atomic mass is 10.0. The number of fused-ring (bicyclic) bond motifs is 1. The highest BCUT2D eigenvalue weighted by molar-refractivity contribution is 6.00. The molecule has 0 aliphatic heterocycles. The fourth-order valence-electron chi connectivity index (χ4n) is 4.10. The molecule has 0 spiro atoms. The molecule has 0 aliphatic rings. The van der Waals surface area contributed by atoms with E-state index in [2.05, 4.69) is 40.1 Å². The topological polar surface area (TPSA) is 103 Å². The van der Waals surface area contributed by atoms with E-state index in [1.165, 1.54) is 23.8 Å². The van der Waals surface area contributed by atoms with Gasteiger partial charge >= 0.3 is 5.69 Å². The van der Waals surface area contributed by atoms with Gasteiger partial charge in [-0.05, 0) is 67.6 Å². The summed E-state index contributed by atoms with van der Waals surface area (Å²) in [7, 11) is 0. The van der Waals surface area contributed by atoms with E-state index in [1.807, 2.05) is 6.20 Å². The summed E-state index contributed by atoms with van der Waals surface area (Å²) in [6.45, 7) is 4.16. The van der Waals surface area contributed by atoms with Crippen molar-refractivity contribution in [3.8, 4) is 11.6 Å². The van der Waals surface area contributed by atoms with Crippen LogP contribution < -0.4 is 11.2 Å². The predicted molar refractivity (Wildman–Crippen MR) is 132 cm³/mol. The first kappa shape index (κ1) is 23.2. The van der Waals surface area contributed by atoms with Crippen molar-refractivity contribution in [3.05, 3.63) is 92.0 Å². The molecule has 0 unspecified atom stereocenters. The zero-order chi connectivity index (χ0) is 24.2. The molecule has 0 bridgehead atoms. The Labute approximate surface area is 195 Å². The van der Waals surface area contributed by atoms with Crippen molar-refractivity contribution in [2.75, 3.05) is 6.54 Å². The summed E-state index contributed by atoms with van der Waals surface area (Å²) in [6.07, 6.45) is 5.93. The molecular weight excluding hydrogens is 435 g/mol. The van der Waals surface area contributed by atoms with Crippen molar-refractivity contribution in [3.63, 3.8) is 0 Å². The molecule has 2 aromatic heterocycles. The lowest BCUT2D eigenvalue weighted by molar-refractivity contribution is 0.429. The standard InChI is InChI=1S/C26H27FN4O3/c1-3-4-6-17-9-10-22-21(13-17)18(15-29-22)11-12-28-16(2)23-24(32)30-26(34)31(25(23)33)20-8-5-7-19(27)14-20/h5,7-10,13-15,29,33H,3-4,6,11-12H2,1-2H3,(H,30,32,34). The molecule has 2 heterocycles. The number of unbranched alkanes of at least 4 members (excludes halogenated alkanes) is 1. The average Bonchev–Trinajstić information content (AvgIpc) is 3.19. The molecule has 34 heavy (non-hydrogen) atoms. The van der Waals surface area contributed by atoms with Gasteiger partial charge in [0.15, 0.2) is 0 Å². The molecule has 4 rings (SSSR count). The minimum atomic E-state index is -0.859. The number of hydrogen-bond donors (Lipinski definition) is 3. The van der Waals surface area contributed by atoms with Gasteiger partial charge in [-0.25, -0.2) is 13.8 Å². The Morgan fingerprint density at radius 3 is 2.74 bits per heavy atom. The summed E-state index contributed by atoms with van der Waals surface area (Å²) in [4.78, 5) is 34.7. The number of aromatic hydroxyl groups is 1. The molecule has 0 radical (unpaired) electrons. The third-order valence-corrected chi connectivity index (χ3v) is 5.90. The molecule has 0 fully saturated rings. The Kier molecular flexibility index (Phi) is 6.77. The van der Waals surface area contributed by atoms with E-state index in [0.717, 1.165) is 46.4 Å². The zero-order valence-corrected chi connectivity index (χ0v) is 19.2. The Hall–Kier alpha value is -3.94. The first-order valence-corrected chi connectivity index (χ1v) is 11.3. The van der Waals surface area contributed by atoms with E-state index >= 15 is 0 Å². The molecule has 8 heteroatoms. The average molecular weight is 463 g/mol. The van der Waals surface area contributed by atoms with E-state index in [9.17, 15) is 19.1 Å². The lowest BCUT2D eigenvalue weighted by Crippen LogP contribution is -2.32. The zero-order valence-electron chi connectivity index (χ0n) is 19.2. The number of halogens is 1. The summed E-state index contributed by atoms with van der Waals surface area (Å²) in [5.41, 5.74) is 2.14. The molecule has 3 N–H and O–H groups in total. The number of nitrogens with zero attached hydrogens (tertiary/aromatic N) is 2. The number of aliphatic imine (C=N–C) groups is 1. The van der Waals surface area contributed by atoms with Gasteiger partial charge in [0.1, 0.15) is 11.4 Å². The van der Waals surface area contributed by atoms with E-state index < -0.39 is 22.9 Å². The highest BCUT2D eigenvalue weighted by Crippen LogP contribution is 2.22. The van der Waals surface area contributed by atoms with Crippen LogP contribution in [0.3, 0.4) is 0 Å². The lowest BCUT2D eigenvalue weighted by Gasteiger charge is -2.11. The summed E-state index contributed by atoms with van der Waals surface area (Å²) in [5.74, 6) is -1.15. The summed E-state index contributed by atoms with van der Waals surface area (Å²) in [6, 6.07) is 11.6. The number of aromatic nitrogens is 3. The van der Waals surface area contributed by atoms with Gasteiger partial charge in [0, 0.05) is 29.4 Å². The maximum atomic E-state index is 13.7. The maximum absolute atomic E-state index is 13.7. The van der Waals surface area contributed by atoms with Gasteiger partial charge in [0.25, 0.3) is 5.56 Å². The molecule has 0 saturated carbocycles. The van der Waals surface area contributed by atoms with Crippen molar-refractivity contribution in [1.29, 1.82) is 0 Å². The van der Waals surface area contributed by atoms with E-state index in [1.54, 1.807) is 6.92 Å². The number of benzene rings is 2. The van der Waals surface area contributed by atoms with Gasteiger partial charge < -0.3 is 10.1 Å². The van der Waals surface area contributed by atoms with Gasteiger partial charge in [-0.3, -0.25) is 14.8 Å². The largest absolute Gasteiger partial charge is 0.493 e. The first-order chi connectivity index (χ1) is 16.4. The molecule has 7 nitrogen and oxygen atoms in total. The maximum Gasteiger partial charge on any atom is 0.335 e. The summed E-state index contributed by atoms with van der Waals surface area (Å²) >= 11 is 0. The normalized spacial score (nSPS) is 11.9. The summed E-state index contributed by atoms with van der Waals surface area (Å²) < 4.78 is 14.5. The smallest absolute Gasteiger partial charge is 0.335 e. The Balaban J connectivity index is 1.60. The number of nitrogens with one attached hydrogen (secondary N) is 2. The number of aryl methyl sites for hydroxylation is 1. The minimum absolute atomic E-state index is 0.102. The monoisotopic (exact) mass is 462 g/mol. The number of aromatic amines is 2. The molecule has 0 aliphatic carbocycles. The van der Waals surface area contributed by atoms with Crippen molar-refractivity contribution >= 4 is 16.6 Å². The van der Waals surface area contributed by atoms with E-state index in [4.69, 9.17) is 0 Å². The van der Waals surface area contributed by atoms with Crippen LogP contribution in [0.5, 0.6) is 5.88 Å². The van der Waals surface area contributed by atoms with Crippen molar-refractivity contribution in [2.24, 2.45) is 4.99 Å². The molecule has 0 atom stereocenters. The second kappa shape index (κ2) is 9.91. The van der Waals surface area contributed by atoms with Crippen molar-refractivity contribution < 1.29 is 9.50 Å². The SMILES string of the molecule is CCCCc1ccc2[nH]cc(CCN=C(C)c3c(O)n(-c4cccc(F)c4)c(=O)[nH]c3=O)c2c1. The van der Waals surface area contributed by atoms with Crippen LogP contribution in [0.25, 0.3) is 16.6 Å². The van der Waals surface area contributed by atoms with Gasteiger partial charge in [0.05, 0.1) is 5.69 Å². The number of rotatable bonds is 8. The molecule has 0 saturated heterocycles. The second-order valence-corrected chi connectivity index (χ2v) is 8.29. The van der Waals surface area contributed by atoms with Crippen molar-refractivity contribution in [2.45, 2.75) is 39.5 Å². The molecule has 4 aromatic rings. The molecule has 2 aromatic carbocycles. The fraction of sp³-hybridized carbons (Fsp3) is 0.269. The van der Waals surface area contributed by atoms with Crippen LogP contribution in [0, 0.1) is 5.82 Å². The quantitative estimate of drug-likeness (QED) is 0.341. The van der Waals surface area contributed by atoms with Crippen LogP contribution in [-0.2, 0) is 12.8 Å². The van der Waals surface area contributed by atoms with Crippen LogP contribution >= 0.6 is 0 Å². The Morgan fingerprint density at radius 1 is 1.15 bits per heavy atom. The van der Waals surface area contributed by atoms with Gasteiger partial charge in [-0.1, -0.05) is 25.5 Å². The van der Waals surface area contributed by atoms with Crippen molar-refractivity contribution in [1.82, 2.24) is 14.5 Å². The summed E-state index contributed by atoms with van der Waals surface area (Å²) in [5, 5.41) is 11.9. The fourth-order valence-corrected chi connectivity index (χ4v) is 4.10. The van der Waals surface area contributed by atoms with Crippen LogP contribution in [0.1, 0.15) is 43.4 Å². The number of H-pyrrole nitrogens is 2. The Bertz CT molecular complexity index is 1480. The van der Waals surface area contributed by atoms with Gasteiger partial charge in [0.2, 0.25) is 5.88 Å². The van der Waals surface area contributed by atoms with E-state index in [0.29, 0.717) is 13.0 Å². The van der Waals surface area contributed by atoms with Crippen LogP contribution in [0.4, 0.5) is 4.39 Å². The van der Waals surface area contributed by atoms with Crippen LogP contribution in [0.2, 0.25) is 0 Å². The van der Waals surface area contributed by atoms with E-state index in [-0.39, 0.29) is 17.0 Å². The molecule has 0 amide bonds. The molecular formula is C26H27FN4O3. The van der Waals surface area contributed by atoms with Crippen LogP contribution in [-0.4, -0.2) is 31.9 Å². The Morgan fingerprint density at radius 2 is 1.97 bits per heavy atom. The highest BCUT2D eigenvalue weighted by Gasteiger charge is 2.18. The second-order valence-electron chi connectivity index (χ2n) is 8.29. The minimum Gasteiger partial charge on any atom is -0.493 e.